The molecule has 2 aromatic carbocycles. The lowest BCUT2D eigenvalue weighted by Gasteiger charge is -2.59. The second-order valence-electron chi connectivity index (χ2n) is 13.5. The minimum atomic E-state index is -3.22. The first-order valence-corrected chi connectivity index (χ1v) is 17.1. The molecule has 2 N–H and O–H groups in total. The van der Waals surface area contributed by atoms with Crippen molar-refractivity contribution < 1.29 is 18.3 Å². The Bertz CT molecular complexity index is 1420. The summed E-state index contributed by atoms with van der Waals surface area (Å²) in [5.41, 5.74) is 3.91. The smallest absolute Gasteiger partial charge is 0.322 e. The van der Waals surface area contributed by atoms with Gasteiger partial charge in [-0.1, -0.05) is 12.1 Å². The van der Waals surface area contributed by atoms with Gasteiger partial charge in [0.1, 0.15) is 0 Å². The molecule has 2 amide bonds. The van der Waals surface area contributed by atoms with Gasteiger partial charge < -0.3 is 20.2 Å². The average Bonchev–Trinajstić information content (AvgIpc) is 2.98. The van der Waals surface area contributed by atoms with Crippen LogP contribution in [0.15, 0.2) is 48.5 Å². The number of nitrogens with one attached hydrogen (secondary N) is 1. The van der Waals surface area contributed by atoms with E-state index >= 15 is 0 Å². The first kappa shape index (κ1) is 28.0. The van der Waals surface area contributed by atoms with E-state index in [0.29, 0.717) is 57.0 Å². The van der Waals surface area contributed by atoms with Crippen molar-refractivity contribution in [3.63, 3.8) is 0 Å². The monoisotopic (exact) mass is 593 g/mol. The summed E-state index contributed by atoms with van der Waals surface area (Å²) in [6.45, 7) is 7.10. The van der Waals surface area contributed by atoms with Crippen molar-refractivity contribution in [1.29, 1.82) is 0 Å². The first-order chi connectivity index (χ1) is 20.1. The van der Waals surface area contributed by atoms with Crippen molar-refractivity contribution in [2.45, 2.75) is 62.8 Å². The molecule has 226 valence electrons. The molecule has 6 aliphatic rings. The molecule has 10 heteroatoms. The predicted octanol–water partition coefficient (Wildman–Crippen LogP) is 4.15. The fourth-order valence-electron chi connectivity index (χ4n) is 8.63. The maximum absolute atomic E-state index is 13.8. The molecule has 2 heterocycles. The average molecular weight is 594 g/mol. The molecule has 1 saturated heterocycles. The molecule has 0 radical (unpaired) electrons. The number of hydrogen-bond donors (Lipinski definition) is 2. The summed E-state index contributed by atoms with van der Waals surface area (Å²) in [6, 6.07) is 16.6. The van der Waals surface area contributed by atoms with E-state index in [1.54, 1.807) is 18.2 Å². The van der Waals surface area contributed by atoms with Crippen LogP contribution in [0.5, 0.6) is 0 Å². The Balaban J connectivity index is 1.04. The van der Waals surface area contributed by atoms with Crippen LogP contribution in [-0.2, 0) is 10.0 Å². The number of rotatable bonds is 5. The maximum atomic E-state index is 13.8. The van der Waals surface area contributed by atoms with Crippen molar-refractivity contribution in [2.24, 2.45) is 17.8 Å². The number of para-hydroxylation sites is 2. The Kier molecular flexibility index (Phi) is 6.94. The van der Waals surface area contributed by atoms with Crippen molar-refractivity contribution in [2.75, 3.05) is 54.0 Å². The van der Waals surface area contributed by atoms with E-state index in [1.165, 1.54) is 0 Å². The van der Waals surface area contributed by atoms with Gasteiger partial charge in [0.25, 0.3) is 0 Å². The highest BCUT2D eigenvalue weighted by molar-refractivity contribution is 7.89. The van der Waals surface area contributed by atoms with Crippen LogP contribution in [0.2, 0.25) is 0 Å². The molecule has 9 nitrogen and oxygen atoms in total. The minimum Gasteiger partial charge on any atom is -0.393 e. The number of amides is 2. The summed E-state index contributed by atoms with van der Waals surface area (Å²) in [7, 11) is -3.22. The van der Waals surface area contributed by atoms with E-state index in [-0.39, 0.29) is 17.7 Å². The molecule has 42 heavy (non-hydrogen) atoms. The molecule has 5 atom stereocenters. The van der Waals surface area contributed by atoms with Gasteiger partial charge in [0.2, 0.25) is 10.0 Å². The molecule has 0 spiro atoms. The zero-order valence-corrected chi connectivity index (χ0v) is 25.5. The van der Waals surface area contributed by atoms with Crippen molar-refractivity contribution in [3.05, 3.63) is 48.5 Å². The van der Waals surface area contributed by atoms with E-state index in [9.17, 15) is 18.3 Å². The fraction of sp³-hybridized carbons (Fsp3) is 0.594. The Morgan fingerprint density at radius 1 is 0.857 bits per heavy atom. The second-order valence-corrected chi connectivity index (χ2v) is 15.9. The third-order valence-corrected chi connectivity index (χ3v) is 12.8. The lowest BCUT2D eigenvalue weighted by atomic mass is 9.52. The van der Waals surface area contributed by atoms with Gasteiger partial charge in [-0.05, 0) is 100 Å². The summed E-state index contributed by atoms with van der Waals surface area (Å²) < 4.78 is 26.7. The number of carbonyl (C=O) groups is 1. The predicted molar refractivity (Wildman–Crippen MR) is 166 cm³/mol. The number of fused-ring (bicyclic) bond motifs is 1. The van der Waals surface area contributed by atoms with Gasteiger partial charge in [-0.3, -0.25) is 4.90 Å². The summed E-state index contributed by atoms with van der Waals surface area (Å²) in [5, 5.41) is 13.8. The van der Waals surface area contributed by atoms with Crippen LogP contribution in [0.3, 0.4) is 0 Å². The van der Waals surface area contributed by atoms with E-state index < -0.39 is 15.3 Å². The molecule has 4 aliphatic carbocycles. The van der Waals surface area contributed by atoms with E-state index in [0.717, 1.165) is 54.9 Å². The van der Waals surface area contributed by atoms with Crippen molar-refractivity contribution in [3.8, 4) is 0 Å². The standard InChI is InChI=1S/C32H43N5O4S/c1-22(2)42(40,41)35-13-11-34(12-14-35)26-7-9-27(10-8-26)36-15-16-37(29-6-4-3-5-28(29)36)31(39)33-32-19-23-17-24(20-32)30(38)25(18-23)21-32/h3-10,22-25,30,38H,11-21H2,1-2H3,(H,33,39)/t23?,24-,25?,30-,32-/m0/s1. The number of sulfonamides is 1. The van der Waals surface area contributed by atoms with Gasteiger partial charge >= 0.3 is 6.03 Å². The number of aliphatic hydroxyl groups excluding tert-OH is 1. The summed E-state index contributed by atoms with van der Waals surface area (Å²) in [6.07, 6.45) is 4.83. The van der Waals surface area contributed by atoms with Crippen LogP contribution in [0.25, 0.3) is 0 Å². The number of anilines is 4. The molecule has 0 aromatic heterocycles. The number of carbonyl (C=O) groups excluding carboxylic acids is 1. The van der Waals surface area contributed by atoms with Crippen molar-refractivity contribution >= 4 is 38.8 Å². The fourth-order valence-corrected chi connectivity index (χ4v) is 9.90. The van der Waals surface area contributed by atoms with Gasteiger partial charge in [0, 0.05) is 56.2 Å². The van der Waals surface area contributed by atoms with Crippen LogP contribution in [0, 0.1) is 17.8 Å². The Hall–Kier alpha value is -2.82. The Labute approximate surface area is 249 Å². The Morgan fingerprint density at radius 2 is 1.48 bits per heavy atom. The third kappa shape index (κ3) is 4.75. The highest BCUT2D eigenvalue weighted by Crippen LogP contribution is 2.56. The highest BCUT2D eigenvalue weighted by Gasteiger charge is 2.56. The van der Waals surface area contributed by atoms with E-state index in [1.807, 2.05) is 23.1 Å². The molecule has 2 aromatic rings. The SMILES string of the molecule is CC(C)S(=O)(=O)N1CCN(c2ccc(N3CCN(C(=O)N[C@]45CC6CC(C4)[C@@H](O)[C@@H](C6)C5)c4ccccc43)cc2)CC1. The van der Waals surface area contributed by atoms with Crippen LogP contribution >= 0.6 is 0 Å². The number of hydrogen-bond acceptors (Lipinski definition) is 6. The van der Waals surface area contributed by atoms with Gasteiger partial charge in [-0.2, -0.15) is 4.31 Å². The first-order valence-electron chi connectivity index (χ1n) is 15.6. The van der Waals surface area contributed by atoms with Crippen LogP contribution < -0.4 is 20.0 Å². The van der Waals surface area contributed by atoms with Crippen LogP contribution in [0.4, 0.5) is 27.5 Å². The normalized spacial score (nSPS) is 31.0. The molecule has 5 fully saturated rings. The van der Waals surface area contributed by atoms with E-state index in [2.05, 4.69) is 45.4 Å². The summed E-state index contributed by atoms with van der Waals surface area (Å²) in [5.74, 6) is 1.26. The van der Waals surface area contributed by atoms with E-state index in [4.69, 9.17) is 0 Å². The summed E-state index contributed by atoms with van der Waals surface area (Å²) in [4.78, 5) is 20.2. The van der Waals surface area contributed by atoms with Gasteiger partial charge in [0.15, 0.2) is 0 Å². The zero-order chi connectivity index (χ0) is 29.2. The zero-order valence-electron chi connectivity index (χ0n) is 24.7. The number of urea groups is 1. The summed E-state index contributed by atoms with van der Waals surface area (Å²) >= 11 is 0. The minimum absolute atomic E-state index is 0.0208. The molecule has 4 saturated carbocycles. The number of piperazine rings is 1. The number of benzene rings is 2. The Morgan fingerprint density at radius 3 is 2.12 bits per heavy atom. The molecular weight excluding hydrogens is 550 g/mol. The topological polar surface area (TPSA) is 96.4 Å². The van der Waals surface area contributed by atoms with Gasteiger partial charge in [-0.15, -0.1) is 0 Å². The number of aliphatic hydroxyl groups is 1. The molecule has 8 rings (SSSR count). The molecule has 4 bridgehead atoms. The second kappa shape index (κ2) is 10.4. The van der Waals surface area contributed by atoms with Crippen molar-refractivity contribution in [1.82, 2.24) is 9.62 Å². The molecular formula is C32H43N5O4S. The van der Waals surface area contributed by atoms with Gasteiger partial charge in [0.05, 0.1) is 22.7 Å². The van der Waals surface area contributed by atoms with Crippen LogP contribution in [-0.4, -0.2) is 80.0 Å². The van der Waals surface area contributed by atoms with Gasteiger partial charge in [-0.25, -0.2) is 13.2 Å². The molecule has 2 unspecified atom stereocenters. The number of nitrogens with zero attached hydrogens (tertiary/aromatic N) is 4. The highest BCUT2D eigenvalue weighted by atomic mass is 32.2. The van der Waals surface area contributed by atoms with Crippen LogP contribution in [0.1, 0.15) is 46.0 Å². The molecule has 2 aliphatic heterocycles. The quantitative estimate of drug-likeness (QED) is 0.541. The third-order valence-electron chi connectivity index (χ3n) is 10.6. The lowest BCUT2D eigenvalue weighted by Crippen LogP contribution is -2.65. The largest absolute Gasteiger partial charge is 0.393 e. The maximum Gasteiger partial charge on any atom is 0.322 e. The lowest BCUT2D eigenvalue weighted by molar-refractivity contribution is -0.108.